The molecule has 0 unspecified atom stereocenters. The summed E-state index contributed by atoms with van der Waals surface area (Å²) in [6, 6.07) is 9.03. The van der Waals surface area contributed by atoms with Crippen LogP contribution in [0.25, 0.3) is 16.8 Å². The molecule has 2 heterocycles. The normalized spacial score (nSPS) is 10.7. The zero-order valence-corrected chi connectivity index (χ0v) is 11.1. The van der Waals surface area contributed by atoms with Crippen LogP contribution in [0.15, 0.2) is 42.7 Å². The van der Waals surface area contributed by atoms with E-state index in [9.17, 15) is 4.79 Å². The van der Waals surface area contributed by atoms with Gasteiger partial charge in [-0.05, 0) is 29.3 Å². The number of carbonyl (C=O) groups excluding carboxylic acids is 1. The molecule has 0 radical (unpaired) electrons. The Hall–Kier alpha value is -3.15. The lowest BCUT2D eigenvalue weighted by Crippen LogP contribution is -2.15. The van der Waals surface area contributed by atoms with Gasteiger partial charge in [-0.3, -0.25) is 14.6 Å². The number of anilines is 1. The van der Waals surface area contributed by atoms with Gasteiger partial charge < -0.3 is 11.5 Å². The lowest BCUT2D eigenvalue weighted by atomic mass is 9.98. The predicted octanol–water partition coefficient (Wildman–Crippen LogP) is 1.68. The summed E-state index contributed by atoms with van der Waals surface area (Å²) < 4.78 is 1.69. The van der Waals surface area contributed by atoms with Crippen molar-refractivity contribution in [2.45, 2.75) is 0 Å². The molecule has 0 aliphatic rings. The fraction of sp³-hybridized carbons (Fsp3) is 0. The van der Waals surface area contributed by atoms with Crippen molar-refractivity contribution >= 4 is 23.5 Å². The van der Waals surface area contributed by atoms with E-state index in [0.29, 0.717) is 22.6 Å². The van der Waals surface area contributed by atoms with Gasteiger partial charge in [-0.15, -0.1) is 0 Å². The Labute approximate surface area is 120 Å². The largest absolute Gasteiger partial charge is 0.398 e. The first-order valence-electron chi connectivity index (χ1n) is 6.27. The molecule has 104 valence electrons. The van der Waals surface area contributed by atoms with Gasteiger partial charge in [-0.1, -0.05) is 12.1 Å². The van der Waals surface area contributed by atoms with Crippen molar-refractivity contribution in [3.8, 4) is 11.1 Å². The van der Waals surface area contributed by atoms with E-state index in [1.165, 1.54) is 6.20 Å². The number of nitrogens with two attached hydrogens (primary N) is 2. The number of hydrogen-bond donors (Lipinski definition) is 3. The molecule has 0 aliphatic carbocycles. The minimum Gasteiger partial charge on any atom is -0.398 e. The van der Waals surface area contributed by atoms with Crippen molar-refractivity contribution in [1.29, 1.82) is 5.41 Å². The Morgan fingerprint density at radius 3 is 2.86 bits per heavy atom. The van der Waals surface area contributed by atoms with E-state index in [4.69, 9.17) is 16.9 Å². The van der Waals surface area contributed by atoms with Crippen molar-refractivity contribution in [1.82, 2.24) is 9.38 Å². The van der Waals surface area contributed by atoms with Gasteiger partial charge in [-0.25, -0.2) is 4.98 Å². The van der Waals surface area contributed by atoms with E-state index in [1.54, 1.807) is 16.7 Å². The van der Waals surface area contributed by atoms with Gasteiger partial charge in [-0.2, -0.15) is 0 Å². The summed E-state index contributed by atoms with van der Waals surface area (Å²) in [5, 5.41) is 7.69. The molecule has 3 rings (SSSR count). The number of nitrogen functional groups attached to an aromatic ring is 2. The van der Waals surface area contributed by atoms with Crippen molar-refractivity contribution in [3.05, 3.63) is 54.0 Å². The lowest BCUT2D eigenvalue weighted by molar-refractivity contribution is 0.111. The molecule has 0 amide bonds. The van der Waals surface area contributed by atoms with Gasteiger partial charge >= 0.3 is 0 Å². The first-order chi connectivity index (χ1) is 10.1. The monoisotopic (exact) mass is 279 g/mol. The van der Waals surface area contributed by atoms with Crippen LogP contribution in [0, 0.1) is 5.41 Å². The first kappa shape index (κ1) is 12.9. The number of imidazole rings is 1. The summed E-state index contributed by atoms with van der Waals surface area (Å²) >= 11 is 0. The highest BCUT2D eigenvalue weighted by Crippen LogP contribution is 2.28. The zero-order chi connectivity index (χ0) is 15.0. The van der Waals surface area contributed by atoms with Crippen LogP contribution in [0.1, 0.15) is 16.1 Å². The number of hydrogen-bond acceptors (Lipinski definition) is 4. The molecule has 0 spiro atoms. The van der Waals surface area contributed by atoms with E-state index in [-0.39, 0.29) is 5.84 Å². The molecule has 21 heavy (non-hydrogen) atoms. The number of aromatic nitrogens is 2. The molecule has 1 aromatic carbocycles. The van der Waals surface area contributed by atoms with Gasteiger partial charge in [0.15, 0.2) is 6.29 Å². The third-order valence-electron chi connectivity index (χ3n) is 3.34. The topological polar surface area (TPSA) is 110 Å². The highest BCUT2D eigenvalue weighted by atomic mass is 16.1. The molecule has 0 fully saturated rings. The molecule has 6 nitrogen and oxygen atoms in total. The van der Waals surface area contributed by atoms with Gasteiger partial charge in [0.2, 0.25) is 0 Å². The second kappa shape index (κ2) is 4.75. The Kier molecular flexibility index (Phi) is 2.91. The molecule has 0 saturated carbocycles. The average Bonchev–Trinajstić information content (AvgIpc) is 2.88. The van der Waals surface area contributed by atoms with E-state index in [2.05, 4.69) is 4.98 Å². The molecule has 0 bridgehead atoms. The average molecular weight is 279 g/mol. The van der Waals surface area contributed by atoms with Crippen molar-refractivity contribution in [2.24, 2.45) is 5.73 Å². The van der Waals surface area contributed by atoms with Crippen molar-refractivity contribution < 1.29 is 4.79 Å². The maximum Gasteiger partial charge on any atom is 0.168 e. The fourth-order valence-electron chi connectivity index (χ4n) is 2.37. The molecule has 0 atom stereocenters. The summed E-state index contributed by atoms with van der Waals surface area (Å²) in [5.74, 6) is -0.0834. The lowest BCUT2D eigenvalue weighted by Gasteiger charge is -2.11. The van der Waals surface area contributed by atoms with Gasteiger partial charge in [0, 0.05) is 17.4 Å². The van der Waals surface area contributed by atoms with Gasteiger partial charge in [0.1, 0.15) is 17.2 Å². The first-order valence-corrected chi connectivity index (χ1v) is 6.27. The minimum atomic E-state index is -0.0834. The molecular formula is C15H13N5O. The van der Waals surface area contributed by atoms with Crippen molar-refractivity contribution in [3.63, 3.8) is 0 Å². The van der Waals surface area contributed by atoms with Crippen LogP contribution in [0.3, 0.4) is 0 Å². The maximum absolute atomic E-state index is 10.9. The van der Waals surface area contributed by atoms with E-state index in [1.807, 2.05) is 24.3 Å². The number of nitrogens with one attached hydrogen (secondary N) is 1. The number of fused-ring (bicyclic) bond motifs is 1. The molecule has 2 aromatic heterocycles. The number of pyridine rings is 1. The number of carbonyl (C=O) groups is 1. The van der Waals surface area contributed by atoms with Crippen LogP contribution in [0.2, 0.25) is 0 Å². The minimum absolute atomic E-state index is 0.0834. The standard InChI is InChI=1S/C15H13N5O/c16-12-3-1-2-11(14(12)15(17)18)9-4-5-20-10(8-21)7-19-13(20)6-9/h1-8H,16H2,(H3,17,18). The summed E-state index contributed by atoms with van der Waals surface area (Å²) in [4.78, 5) is 15.1. The Morgan fingerprint density at radius 1 is 1.33 bits per heavy atom. The third-order valence-corrected chi connectivity index (χ3v) is 3.34. The number of nitrogens with zero attached hydrogens (tertiary/aromatic N) is 2. The summed E-state index contributed by atoms with van der Waals surface area (Å²) in [5.41, 5.74) is 15.2. The van der Waals surface area contributed by atoms with Crippen LogP contribution >= 0.6 is 0 Å². The van der Waals surface area contributed by atoms with Crippen LogP contribution in [-0.2, 0) is 0 Å². The zero-order valence-electron chi connectivity index (χ0n) is 11.1. The highest BCUT2D eigenvalue weighted by molar-refractivity contribution is 6.06. The number of benzene rings is 1. The molecule has 0 aliphatic heterocycles. The smallest absolute Gasteiger partial charge is 0.168 e. The van der Waals surface area contributed by atoms with E-state index < -0.39 is 0 Å². The fourth-order valence-corrected chi connectivity index (χ4v) is 2.37. The Morgan fingerprint density at radius 2 is 2.14 bits per heavy atom. The summed E-state index contributed by atoms with van der Waals surface area (Å²) in [6.45, 7) is 0. The van der Waals surface area contributed by atoms with Crippen LogP contribution in [0.5, 0.6) is 0 Å². The van der Waals surface area contributed by atoms with Gasteiger partial charge in [0.25, 0.3) is 0 Å². The Bertz CT molecular complexity index is 866. The van der Waals surface area contributed by atoms with Crippen molar-refractivity contribution in [2.75, 3.05) is 5.73 Å². The summed E-state index contributed by atoms with van der Waals surface area (Å²) in [7, 11) is 0. The number of amidine groups is 1. The molecule has 3 aromatic rings. The number of aldehydes is 1. The van der Waals surface area contributed by atoms with Gasteiger partial charge in [0.05, 0.1) is 6.20 Å². The van der Waals surface area contributed by atoms with Crippen LogP contribution in [-0.4, -0.2) is 21.5 Å². The van der Waals surface area contributed by atoms with E-state index >= 15 is 0 Å². The second-order valence-electron chi connectivity index (χ2n) is 4.63. The predicted molar refractivity (Wildman–Crippen MR) is 81.4 cm³/mol. The van der Waals surface area contributed by atoms with E-state index in [0.717, 1.165) is 17.4 Å². The SMILES string of the molecule is N=C(N)c1c(N)cccc1-c1ccn2c(C=O)cnc2c1. The second-order valence-corrected chi connectivity index (χ2v) is 4.63. The quantitative estimate of drug-likeness (QED) is 0.293. The molecule has 0 saturated heterocycles. The third kappa shape index (κ3) is 2.02. The molecule has 5 N–H and O–H groups in total. The van der Waals surface area contributed by atoms with Crippen LogP contribution < -0.4 is 11.5 Å². The molecule has 6 heteroatoms. The van der Waals surface area contributed by atoms with Crippen LogP contribution in [0.4, 0.5) is 5.69 Å². The Balaban J connectivity index is 2.24. The highest BCUT2D eigenvalue weighted by Gasteiger charge is 2.12. The summed E-state index contributed by atoms with van der Waals surface area (Å²) in [6.07, 6.45) is 4.02. The maximum atomic E-state index is 10.9. The molecular weight excluding hydrogens is 266 g/mol. The number of rotatable bonds is 3.